The molecule has 3 heterocycles. The van der Waals surface area contributed by atoms with Gasteiger partial charge in [-0.05, 0) is 60.4 Å². The molecule has 1 unspecified atom stereocenters. The van der Waals surface area contributed by atoms with Crippen molar-refractivity contribution in [3.05, 3.63) is 106 Å². The van der Waals surface area contributed by atoms with E-state index in [1.54, 1.807) is 15.9 Å². The lowest BCUT2D eigenvalue weighted by molar-refractivity contribution is -0.166. The van der Waals surface area contributed by atoms with E-state index in [4.69, 9.17) is 11.6 Å². The summed E-state index contributed by atoms with van der Waals surface area (Å²) in [5, 5.41) is 1.70. The standard InChI is InChI=1S/C29H25ClFN3O2/c1-29-27-26(22-7-2-3-8-24(22)32-27)23(19-9-11-20(30)12-10-19)16-34(29)25(35)17-33(28(29)36)14-13-18-5-4-6-21(31)15-18/h2-12,15,23,32H,13-14,16-17H2,1H3/t23?,29-/m0/s1. The van der Waals surface area contributed by atoms with Crippen molar-refractivity contribution >= 4 is 34.3 Å². The number of nitrogens with one attached hydrogen (secondary N) is 1. The Morgan fingerprint density at radius 2 is 1.83 bits per heavy atom. The van der Waals surface area contributed by atoms with E-state index in [-0.39, 0.29) is 30.1 Å². The summed E-state index contributed by atoms with van der Waals surface area (Å²) in [5.74, 6) is -0.632. The molecule has 2 aliphatic heterocycles. The number of hydrogen-bond donors (Lipinski definition) is 1. The van der Waals surface area contributed by atoms with Crippen molar-refractivity contribution in [2.45, 2.75) is 24.8 Å². The Hall–Kier alpha value is -3.64. The minimum absolute atomic E-state index is 0.00659. The highest BCUT2D eigenvalue weighted by Gasteiger charge is 2.56. The molecule has 36 heavy (non-hydrogen) atoms. The van der Waals surface area contributed by atoms with E-state index in [1.807, 2.05) is 55.5 Å². The number of amides is 2. The quantitative estimate of drug-likeness (QED) is 0.416. The molecule has 3 aromatic carbocycles. The third-order valence-electron chi connectivity index (χ3n) is 7.65. The summed E-state index contributed by atoms with van der Waals surface area (Å²) in [4.78, 5) is 34.5. The predicted molar refractivity (Wildman–Crippen MR) is 137 cm³/mol. The number of fused-ring (bicyclic) bond motifs is 5. The molecule has 4 aromatic rings. The lowest BCUT2D eigenvalue weighted by Crippen LogP contribution is -2.67. The monoisotopic (exact) mass is 501 g/mol. The fraction of sp³-hybridized carbons (Fsp3) is 0.241. The third kappa shape index (κ3) is 3.51. The number of halogens is 2. The van der Waals surface area contributed by atoms with Crippen molar-refractivity contribution < 1.29 is 14.0 Å². The van der Waals surface area contributed by atoms with E-state index in [0.29, 0.717) is 24.5 Å². The van der Waals surface area contributed by atoms with Crippen molar-refractivity contribution in [3.63, 3.8) is 0 Å². The van der Waals surface area contributed by atoms with E-state index in [9.17, 15) is 14.0 Å². The second kappa shape index (κ2) is 8.49. The van der Waals surface area contributed by atoms with Gasteiger partial charge >= 0.3 is 0 Å². The molecule has 1 fully saturated rings. The summed E-state index contributed by atoms with van der Waals surface area (Å²) in [6, 6.07) is 22.1. The van der Waals surface area contributed by atoms with Crippen LogP contribution in [0.4, 0.5) is 4.39 Å². The van der Waals surface area contributed by atoms with Gasteiger partial charge in [0, 0.05) is 34.9 Å². The van der Waals surface area contributed by atoms with Crippen LogP contribution >= 0.6 is 11.6 Å². The van der Waals surface area contributed by atoms with Crippen molar-refractivity contribution in [2.75, 3.05) is 19.6 Å². The van der Waals surface area contributed by atoms with Gasteiger partial charge in [-0.3, -0.25) is 9.59 Å². The Kier molecular flexibility index (Phi) is 5.38. The largest absolute Gasteiger partial charge is 0.356 e. The number of para-hydroxylation sites is 1. The number of carbonyl (C=O) groups excluding carboxylic acids is 2. The molecule has 0 aliphatic carbocycles. The molecule has 5 nitrogen and oxygen atoms in total. The molecule has 7 heteroatoms. The first kappa shape index (κ1) is 22.8. The van der Waals surface area contributed by atoms with Crippen LogP contribution < -0.4 is 0 Å². The number of aromatic amines is 1. The molecular formula is C29H25ClFN3O2. The van der Waals surface area contributed by atoms with Crippen LogP contribution in [0.25, 0.3) is 10.9 Å². The van der Waals surface area contributed by atoms with E-state index in [2.05, 4.69) is 11.1 Å². The molecule has 0 bridgehead atoms. The van der Waals surface area contributed by atoms with Crippen LogP contribution in [0, 0.1) is 5.82 Å². The molecule has 1 aromatic heterocycles. The maximum atomic E-state index is 14.1. The third-order valence-corrected chi connectivity index (χ3v) is 7.90. The number of aromatic nitrogens is 1. The van der Waals surface area contributed by atoms with Gasteiger partial charge < -0.3 is 14.8 Å². The van der Waals surface area contributed by atoms with Crippen molar-refractivity contribution in [2.24, 2.45) is 0 Å². The zero-order valence-corrected chi connectivity index (χ0v) is 20.6. The SMILES string of the molecule is C[C@]12C(=O)N(CCc3cccc(F)c3)CC(=O)N1CC(c1ccc(Cl)cc1)c1c2[nH]c2ccccc12. The fourth-order valence-corrected chi connectivity index (χ4v) is 5.93. The number of H-pyrrole nitrogens is 1. The minimum atomic E-state index is -1.16. The molecule has 6 rings (SSSR count). The van der Waals surface area contributed by atoms with Crippen molar-refractivity contribution in [3.8, 4) is 0 Å². The molecule has 2 amide bonds. The number of rotatable bonds is 4. The number of nitrogens with zero attached hydrogens (tertiary/aromatic N) is 2. The van der Waals surface area contributed by atoms with Gasteiger partial charge in [0.15, 0.2) is 5.54 Å². The maximum absolute atomic E-state index is 14.1. The topological polar surface area (TPSA) is 56.4 Å². The number of hydrogen-bond acceptors (Lipinski definition) is 2. The van der Waals surface area contributed by atoms with Crippen LogP contribution in [0.5, 0.6) is 0 Å². The summed E-state index contributed by atoms with van der Waals surface area (Å²) in [5.41, 5.74) is 3.40. The highest BCUT2D eigenvalue weighted by atomic mass is 35.5. The van der Waals surface area contributed by atoms with Gasteiger partial charge in [-0.2, -0.15) is 0 Å². The van der Waals surface area contributed by atoms with E-state index in [1.165, 1.54) is 12.1 Å². The smallest absolute Gasteiger partial charge is 0.254 e. The van der Waals surface area contributed by atoms with Crippen LogP contribution in [-0.4, -0.2) is 46.2 Å². The molecule has 2 aliphatic rings. The van der Waals surface area contributed by atoms with Crippen LogP contribution in [0.3, 0.4) is 0 Å². The van der Waals surface area contributed by atoms with E-state index < -0.39 is 5.54 Å². The minimum Gasteiger partial charge on any atom is -0.356 e. The van der Waals surface area contributed by atoms with Crippen molar-refractivity contribution in [1.82, 2.24) is 14.8 Å². The van der Waals surface area contributed by atoms with Gasteiger partial charge in [-0.1, -0.05) is 54.1 Å². The van der Waals surface area contributed by atoms with E-state index in [0.717, 1.165) is 33.3 Å². The van der Waals surface area contributed by atoms with Gasteiger partial charge in [0.05, 0.1) is 12.2 Å². The average molecular weight is 502 g/mol. The van der Waals surface area contributed by atoms with Gasteiger partial charge in [-0.15, -0.1) is 0 Å². The lowest BCUT2D eigenvalue weighted by atomic mass is 9.76. The van der Waals surface area contributed by atoms with Gasteiger partial charge in [0.25, 0.3) is 5.91 Å². The normalized spacial score (nSPS) is 21.6. The molecule has 1 saturated heterocycles. The van der Waals surface area contributed by atoms with Crippen molar-refractivity contribution in [1.29, 1.82) is 0 Å². The fourth-order valence-electron chi connectivity index (χ4n) is 5.81. The van der Waals surface area contributed by atoms with Crippen LogP contribution in [0.2, 0.25) is 5.02 Å². The number of benzene rings is 3. The molecule has 1 N–H and O–H groups in total. The number of piperazine rings is 1. The summed E-state index contributed by atoms with van der Waals surface area (Å²) >= 11 is 6.16. The summed E-state index contributed by atoms with van der Waals surface area (Å²) in [6.45, 7) is 2.59. The highest BCUT2D eigenvalue weighted by molar-refractivity contribution is 6.30. The highest BCUT2D eigenvalue weighted by Crippen LogP contribution is 2.48. The van der Waals surface area contributed by atoms with Crippen LogP contribution in [0.1, 0.15) is 35.2 Å². The summed E-state index contributed by atoms with van der Waals surface area (Å²) in [6.07, 6.45) is 0.472. The molecular weight excluding hydrogens is 477 g/mol. The first-order chi connectivity index (χ1) is 17.4. The lowest BCUT2D eigenvalue weighted by Gasteiger charge is -2.51. The first-order valence-electron chi connectivity index (χ1n) is 12.1. The summed E-state index contributed by atoms with van der Waals surface area (Å²) < 4.78 is 13.7. The molecule has 182 valence electrons. The Bertz CT molecular complexity index is 1500. The van der Waals surface area contributed by atoms with Crippen LogP contribution in [0.15, 0.2) is 72.8 Å². The molecule has 0 radical (unpaired) electrons. The van der Waals surface area contributed by atoms with E-state index >= 15 is 0 Å². The first-order valence-corrected chi connectivity index (χ1v) is 12.4. The van der Waals surface area contributed by atoms with Gasteiger partial charge in [0.2, 0.25) is 5.91 Å². The summed E-state index contributed by atoms with van der Waals surface area (Å²) in [7, 11) is 0. The van der Waals surface area contributed by atoms with Gasteiger partial charge in [0.1, 0.15) is 5.82 Å². The Morgan fingerprint density at radius 1 is 1.06 bits per heavy atom. The second-order valence-electron chi connectivity index (χ2n) is 9.75. The van der Waals surface area contributed by atoms with Gasteiger partial charge in [-0.25, -0.2) is 4.39 Å². The number of carbonyl (C=O) groups is 2. The van der Waals surface area contributed by atoms with Crippen LogP contribution in [-0.2, 0) is 21.5 Å². The Balaban J connectivity index is 1.43. The maximum Gasteiger partial charge on any atom is 0.254 e. The molecule has 2 atom stereocenters. The zero-order chi connectivity index (χ0) is 25.0. The molecule has 0 saturated carbocycles. The Morgan fingerprint density at radius 3 is 2.61 bits per heavy atom. The predicted octanol–water partition coefficient (Wildman–Crippen LogP) is 5.23. The zero-order valence-electron chi connectivity index (χ0n) is 19.8. The Labute approximate surface area is 213 Å². The molecule has 0 spiro atoms. The average Bonchev–Trinajstić information content (AvgIpc) is 3.27. The second-order valence-corrected chi connectivity index (χ2v) is 10.2.